The zero-order chi connectivity index (χ0) is 20.2. The SMILES string of the molecule is CCCCCCCCCCC(=O)Nc1scc(-c2ccccc2)c1C(=O)OC. The van der Waals surface area contributed by atoms with Crippen LogP contribution in [-0.2, 0) is 9.53 Å². The van der Waals surface area contributed by atoms with Gasteiger partial charge in [-0.25, -0.2) is 4.79 Å². The van der Waals surface area contributed by atoms with Gasteiger partial charge in [0.15, 0.2) is 0 Å². The van der Waals surface area contributed by atoms with Crippen LogP contribution < -0.4 is 5.32 Å². The van der Waals surface area contributed by atoms with E-state index < -0.39 is 5.97 Å². The molecular formula is C23H31NO3S. The number of nitrogens with one attached hydrogen (secondary N) is 1. The van der Waals surface area contributed by atoms with Crippen molar-refractivity contribution in [3.63, 3.8) is 0 Å². The van der Waals surface area contributed by atoms with Crippen LogP contribution in [0.5, 0.6) is 0 Å². The van der Waals surface area contributed by atoms with E-state index in [-0.39, 0.29) is 5.91 Å². The number of amides is 1. The number of hydrogen-bond donors (Lipinski definition) is 1. The van der Waals surface area contributed by atoms with Crippen LogP contribution in [0.1, 0.15) is 75.1 Å². The first-order valence-corrected chi connectivity index (χ1v) is 11.1. The van der Waals surface area contributed by atoms with Gasteiger partial charge in [-0.1, -0.05) is 82.2 Å². The summed E-state index contributed by atoms with van der Waals surface area (Å²) >= 11 is 1.37. The number of ether oxygens (including phenoxy) is 1. The fourth-order valence-corrected chi connectivity index (χ4v) is 4.17. The third kappa shape index (κ3) is 6.79. The first-order valence-electron chi connectivity index (χ1n) is 10.2. The number of esters is 1. The summed E-state index contributed by atoms with van der Waals surface area (Å²) in [5.41, 5.74) is 2.16. The van der Waals surface area contributed by atoms with Crippen molar-refractivity contribution in [3.05, 3.63) is 41.3 Å². The average Bonchev–Trinajstić information content (AvgIpc) is 3.13. The van der Waals surface area contributed by atoms with E-state index in [1.807, 2.05) is 35.7 Å². The van der Waals surface area contributed by atoms with Crippen molar-refractivity contribution in [3.8, 4) is 11.1 Å². The van der Waals surface area contributed by atoms with E-state index in [1.54, 1.807) is 0 Å². The molecule has 1 aromatic heterocycles. The number of methoxy groups -OCH3 is 1. The Hall–Kier alpha value is -2.14. The van der Waals surface area contributed by atoms with Crippen LogP contribution >= 0.6 is 11.3 Å². The van der Waals surface area contributed by atoms with Crippen LogP contribution in [-0.4, -0.2) is 19.0 Å². The molecule has 0 aliphatic heterocycles. The quantitative estimate of drug-likeness (QED) is 0.319. The molecule has 1 N–H and O–H groups in total. The van der Waals surface area contributed by atoms with Crippen molar-refractivity contribution >= 4 is 28.2 Å². The van der Waals surface area contributed by atoms with E-state index in [9.17, 15) is 9.59 Å². The second-order valence-electron chi connectivity index (χ2n) is 6.98. The predicted octanol–water partition coefficient (Wildman–Crippen LogP) is 6.67. The normalized spacial score (nSPS) is 10.6. The molecule has 1 amide bonds. The Balaban J connectivity index is 1.88. The minimum Gasteiger partial charge on any atom is -0.465 e. The van der Waals surface area contributed by atoms with Crippen LogP contribution in [0, 0.1) is 0 Å². The number of unbranched alkanes of at least 4 members (excludes halogenated alkanes) is 7. The largest absolute Gasteiger partial charge is 0.465 e. The number of thiophene rings is 1. The summed E-state index contributed by atoms with van der Waals surface area (Å²) in [6.07, 6.45) is 10.1. The number of anilines is 1. The summed E-state index contributed by atoms with van der Waals surface area (Å²) in [4.78, 5) is 24.7. The molecule has 28 heavy (non-hydrogen) atoms. The van der Waals surface area contributed by atoms with Crippen LogP contribution in [0.2, 0.25) is 0 Å². The lowest BCUT2D eigenvalue weighted by atomic mass is 10.0. The monoisotopic (exact) mass is 401 g/mol. The van der Waals surface area contributed by atoms with Gasteiger partial charge in [0.25, 0.3) is 0 Å². The van der Waals surface area contributed by atoms with Crippen LogP contribution in [0.25, 0.3) is 11.1 Å². The van der Waals surface area contributed by atoms with E-state index in [1.165, 1.54) is 57.0 Å². The third-order valence-electron chi connectivity index (χ3n) is 4.78. The van der Waals surface area contributed by atoms with Gasteiger partial charge >= 0.3 is 5.97 Å². The molecule has 2 aromatic rings. The molecule has 0 aliphatic rings. The molecule has 0 saturated heterocycles. The molecule has 0 bridgehead atoms. The molecule has 1 aromatic carbocycles. The van der Waals surface area contributed by atoms with Gasteiger partial charge in [0.2, 0.25) is 5.91 Å². The van der Waals surface area contributed by atoms with Crippen molar-refractivity contribution in [2.75, 3.05) is 12.4 Å². The van der Waals surface area contributed by atoms with Gasteiger partial charge in [0, 0.05) is 17.4 Å². The average molecular weight is 402 g/mol. The Bertz CT molecular complexity index is 740. The molecule has 4 nitrogen and oxygen atoms in total. The summed E-state index contributed by atoms with van der Waals surface area (Å²) in [5.74, 6) is -0.472. The van der Waals surface area contributed by atoms with E-state index in [2.05, 4.69) is 12.2 Å². The molecule has 0 saturated carbocycles. The first kappa shape index (κ1) is 22.2. The minimum atomic E-state index is -0.428. The molecule has 0 atom stereocenters. The highest BCUT2D eigenvalue weighted by atomic mass is 32.1. The topological polar surface area (TPSA) is 55.4 Å². The zero-order valence-electron chi connectivity index (χ0n) is 17.0. The van der Waals surface area contributed by atoms with Gasteiger partial charge in [-0.3, -0.25) is 4.79 Å². The highest BCUT2D eigenvalue weighted by Gasteiger charge is 2.22. The number of rotatable bonds is 12. The van der Waals surface area contributed by atoms with Crippen molar-refractivity contribution < 1.29 is 14.3 Å². The summed E-state index contributed by atoms with van der Waals surface area (Å²) < 4.78 is 4.95. The Morgan fingerprint density at radius 3 is 2.25 bits per heavy atom. The molecule has 152 valence electrons. The third-order valence-corrected chi connectivity index (χ3v) is 5.67. The van der Waals surface area contributed by atoms with Gasteiger partial charge in [0.05, 0.1) is 7.11 Å². The molecule has 2 rings (SSSR count). The molecule has 0 spiro atoms. The van der Waals surface area contributed by atoms with Crippen LogP contribution in [0.3, 0.4) is 0 Å². The van der Waals surface area contributed by atoms with Crippen LogP contribution in [0.4, 0.5) is 5.00 Å². The zero-order valence-corrected chi connectivity index (χ0v) is 17.8. The maximum atomic E-state index is 12.3. The van der Waals surface area contributed by atoms with Gasteiger partial charge in [-0.2, -0.15) is 0 Å². The number of carbonyl (C=O) groups is 2. The summed E-state index contributed by atoms with van der Waals surface area (Å²) in [7, 11) is 1.36. The lowest BCUT2D eigenvalue weighted by Crippen LogP contribution is -2.13. The Kier molecular flexibility index (Phi) is 9.77. The molecule has 0 radical (unpaired) electrons. The van der Waals surface area contributed by atoms with Crippen molar-refractivity contribution in [2.45, 2.75) is 64.7 Å². The van der Waals surface area contributed by atoms with Crippen molar-refractivity contribution in [2.24, 2.45) is 0 Å². The van der Waals surface area contributed by atoms with Gasteiger partial charge in [0.1, 0.15) is 10.6 Å². The molecule has 0 aliphatic carbocycles. The number of carbonyl (C=O) groups excluding carboxylic acids is 2. The lowest BCUT2D eigenvalue weighted by Gasteiger charge is -2.08. The second kappa shape index (κ2) is 12.3. The van der Waals surface area contributed by atoms with E-state index >= 15 is 0 Å². The van der Waals surface area contributed by atoms with Crippen LogP contribution in [0.15, 0.2) is 35.7 Å². The van der Waals surface area contributed by atoms with Gasteiger partial charge in [-0.05, 0) is 12.0 Å². The van der Waals surface area contributed by atoms with E-state index in [0.29, 0.717) is 17.0 Å². The van der Waals surface area contributed by atoms with Crippen molar-refractivity contribution in [1.29, 1.82) is 0 Å². The summed E-state index contributed by atoms with van der Waals surface area (Å²) in [6.45, 7) is 2.22. The Morgan fingerprint density at radius 1 is 0.964 bits per heavy atom. The van der Waals surface area contributed by atoms with Crippen molar-refractivity contribution in [1.82, 2.24) is 0 Å². The van der Waals surface area contributed by atoms with Gasteiger partial charge in [-0.15, -0.1) is 11.3 Å². The smallest absolute Gasteiger partial charge is 0.341 e. The molecule has 5 heteroatoms. The Morgan fingerprint density at radius 2 is 1.61 bits per heavy atom. The lowest BCUT2D eigenvalue weighted by molar-refractivity contribution is -0.116. The standard InChI is InChI=1S/C23H31NO3S/c1-3-4-5-6-7-8-9-13-16-20(25)24-22-21(23(26)27-2)19(17-28-22)18-14-11-10-12-15-18/h10-12,14-15,17H,3-9,13,16H2,1-2H3,(H,24,25). The second-order valence-corrected chi connectivity index (χ2v) is 7.86. The van der Waals surface area contributed by atoms with E-state index in [0.717, 1.165) is 24.0 Å². The maximum Gasteiger partial charge on any atom is 0.341 e. The first-order chi connectivity index (χ1) is 13.7. The summed E-state index contributed by atoms with van der Waals surface area (Å²) in [5, 5.41) is 5.37. The highest BCUT2D eigenvalue weighted by Crippen LogP contribution is 2.36. The maximum absolute atomic E-state index is 12.3. The highest BCUT2D eigenvalue weighted by molar-refractivity contribution is 7.15. The molecular weight excluding hydrogens is 370 g/mol. The fourth-order valence-electron chi connectivity index (χ4n) is 3.19. The Labute approximate surface area is 172 Å². The molecule has 0 unspecified atom stereocenters. The van der Waals surface area contributed by atoms with E-state index in [4.69, 9.17) is 4.74 Å². The fraction of sp³-hybridized carbons (Fsp3) is 0.478. The predicted molar refractivity (Wildman–Crippen MR) is 117 cm³/mol. The molecule has 0 fully saturated rings. The number of hydrogen-bond acceptors (Lipinski definition) is 4. The van der Waals surface area contributed by atoms with Gasteiger partial charge < -0.3 is 10.1 Å². The molecule has 1 heterocycles. The summed E-state index contributed by atoms with van der Waals surface area (Å²) in [6, 6.07) is 9.67. The minimum absolute atomic E-state index is 0.0439. The number of benzene rings is 1.